The standard InChI is InChI=1S/C19H22N2O3/c1-14-7-6-8-16(13-14)21(15(2)22)12-11-19(23)20-17-9-4-5-10-18(17)24-3/h4-10,13H,11-12H2,1-3H3,(H,20,23). The monoisotopic (exact) mass is 326 g/mol. The Balaban J connectivity index is 2.02. The number of carbonyl (C=O) groups excluding carboxylic acids is 2. The summed E-state index contributed by atoms with van der Waals surface area (Å²) in [5, 5.41) is 2.82. The lowest BCUT2D eigenvalue weighted by Crippen LogP contribution is -2.32. The molecule has 2 aromatic carbocycles. The Morgan fingerprint density at radius 1 is 1.12 bits per heavy atom. The van der Waals surface area contributed by atoms with Crippen molar-refractivity contribution in [3.8, 4) is 5.75 Å². The van der Waals surface area contributed by atoms with Crippen molar-refractivity contribution in [2.75, 3.05) is 23.9 Å². The van der Waals surface area contributed by atoms with Crippen molar-refractivity contribution >= 4 is 23.2 Å². The Morgan fingerprint density at radius 3 is 2.54 bits per heavy atom. The van der Waals surface area contributed by atoms with Gasteiger partial charge in [0.25, 0.3) is 0 Å². The molecule has 126 valence electrons. The van der Waals surface area contributed by atoms with E-state index in [0.29, 0.717) is 18.0 Å². The molecule has 5 nitrogen and oxygen atoms in total. The summed E-state index contributed by atoms with van der Waals surface area (Å²) in [6.45, 7) is 3.79. The molecular weight excluding hydrogens is 304 g/mol. The Bertz CT molecular complexity index is 728. The first-order valence-corrected chi connectivity index (χ1v) is 7.79. The molecule has 0 aliphatic carbocycles. The topological polar surface area (TPSA) is 58.6 Å². The molecular formula is C19H22N2O3. The number of carbonyl (C=O) groups is 2. The van der Waals surface area contributed by atoms with Gasteiger partial charge in [0.1, 0.15) is 5.75 Å². The smallest absolute Gasteiger partial charge is 0.226 e. The number of amides is 2. The Labute approximate surface area is 142 Å². The summed E-state index contributed by atoms with van der Waals surface area (Å²) >= 11 is 0. The molecule has 24 heavy (non-hydrogen) atoms. The van der Waals surface area contributed by atoms with Crippen LogP contribution in [0.5, 0.6) is 5.75 Å². The second-order valence-corrected chi connectivity index (χ2v) is 5.51. The summed E-state index contributed by atoms with van der Waals surface area (Å²) in [7, 11) is 1.56. The fourth-order valence-electron chi connectivity index (χ4n) is 2.44. The summed E-state index contributed by atoms with van der Waals surface area (Å²) in [5.74, 6) is 0.344. The molecule has 0 bridgehead atoms. The van der Waals surface area contributed by atoms with Crippen LogP contribution in [0.15, 0.2) is 48.5 Å². The fraction of sp³-hybridized carbons (Fsp3) is 0.263. The van der Waals surface area contributed by atoms with E-state index in [1.165, 1.54) is 6.92 Å². The summed E-state index contributed by atoms with van der Waals surface area (Å²) < 4.78 is 5.21. The number of aryl methyl sites for hydroxylation is 1. The molecule has 0 aromatic heterocycles. The van der Waals surface area contributed by atoms with Crippen LogP contribution in [0, 0.1) is 6.92 Å². The van der Waals surface area contributed by atoms with Gasteiger partial charge in [-0.2, -0.15) is 0 Å². The normalized spacial score (nSPS) is 10.1. The first-order chi connectivity index (χ1) is 11.5. The first kappa shape index (κ1) is 17.5. The van der Waals surface area contributed by atoms with E-state index >= 15 is 0 Å². The number of para-hydroxylation sites is 2. The van der Waals surface area contributed by atoms with Crippen LogP contribution in [0.2, 0.25) is 0 Å². The van der Waals surface area contributed by atoms with Crippen molar-refractivity contribution in [3.63, 3.8) is 0 Å². The second kappa shape index (κ2) is 8.15. The van der Waals surface area contributed by atoms with E-state index in [4.69, 9.17) is 4.74 Å². The van der Waals surface area contributed by atoms with Gasteiger partial charge in [0.05, 0.1) is 12.8 Å². The highest BCUT2D eigenvalue weighted by Gasteiger charge is 2.14. The average Bonchev–Trinajstić information content (AvgIpc) is 2.55. The number of methoxy groups -OCH3 is 1. The third kappa shape index (κ3) is 4.59. The lowest BCUT2D eigenvalue weighted by Gasteiger charge is -2.21. The molecule has 0 saturated heterocycles. The van der Waals surface area contributed by atoms with Crippen LogP contribution in [0.25, 0.3) is 0 Å². The molecule has 0 aliphatic rings. The number of rotatable bonds is 6. The van der Waals surface area contributed by atoms with E-state index in [1.807, 2.05) is 43.3 Å². The zero-order chi connectivity index (χ0) is 17.5. The van der Waals surface area contributed by atoms with Crippen molar-refractivity contribution in [1.29, 1.82) is 0 Å². The van der Waals surface area contributed by atoms with Crippen LogP contribution >= 0.6 is 0 Å². The molecule has 0 spiro atoms. The lowest BCUT2D eigenvalue weighted by molar-refractivity contribution is -0.117. The zero-order valence-electron chi connectivity index (χ0n) is 14.2. The Hall–Kier alpha value is -2.82. The van der Waals surface area contributed by atoms with Gasteiger partial charge in [-0.25, -0.2) is 0 Å². The van der Waals surface area contributed by atoms with Crippen molar-refractivity contribution in [2.24, 2.45) is 0 Å². The molecule has 0 saturated carbocycles. The van der Waals surface area contributed by atoms with E-state index in [2.05, 4.69) is 5.32 Å². The van der Waals surface area contributed by atoms with Crippen LogP contribution in [-0.2, 0) is 9.59 Å². The van der Waals surface area contributed by atoms with E-state index in [-0.39, 0.29) is 18.2 Å². The van der Waals surface area contributed by atoms with E-state index in [1.54, 1.807) is 24.1 Å². The number of hydrogen-bond donors (Lipinski definition) is 1. The summed E-state index contributed by atoms with van der Waals surface area (Å²) in [5.41, 5.74) is 2.49. The zero-order valence-corrected chi connectivity index (χ0v) is 14.2. The highest BCUT2D eigenvalue weighted by atomic mass is 16.5. The Morgan fingerprint density at radius 2 is 1.88 bits per heavy atom. The summed E-state index contributed by atoms with van der Waals surface area (Å²) in [4.78, 5) is 25.7. The van der Waals surface area contributed by atoms with Crippen molar-refractivity contribution < 1.29 is 14.3 Å². The molecule has 0 atom stereocenters. The number of hydrogen-bond acceptors (Lipinski definition) is 3. The molecule has 5 heteroatoms. The maximum Gasteiger partial charge on any atom is 0.226 e. The maximum atomic E-state index is 12.2. The van der Waals surface area contributed by atoms with Crippen LogP contribution in [0.1, 0.15) is 18.9 Å². The fourth-order valence-corrected chi connectivity index (χ4v) is 2.44. The number of ether oxygens (including phenoxy) is 1. The van der Waals surface area contributed by atoms with Crippen molar-refractivity contribution in [2.45, 2.75) is 20.3 Å². The first-order valence-electron chi connectivity index (χ1n) is 7.79. The largest absolute Gasteiger partial charge is 0.495 e. The molecule has 0 aliphatic heterocycles. The minimum absolute atomic E-state index is 0.0920. The summed E-state index contributed by atoms with van der Waals surface area (Å²) in [6.07, 6.45) is 0.200. The van der Waals surface area contributed by atoms with Crippen LogP contribution in [0.4, 0.5) is 11.4 Å². The molecule has 0 unspecified atom stereocenters. The van der Waals surface area contributed by atoms with Crippen molar-refractivity contribution in [1.82, 2.24) is 0 Å². The van der Waals surface area contributed by atoms with Crippen LogP contribution in [0.3, 0.4) is 0 Å². The number of benzene rings is 2. The highest BCUT2D eigenvalue weighted by molar-refractivity contribution is 5.95. The molecule has 0 heterocycles. The van der Waals surface area contributed by atoms with Gasteiger partial charge < -0.3 is 15.0 Å². The van der Waals surface area contributed by atoms with Gasteiger partial charge in [0.2, 0.25) is 11.8 Å². The van der Waals surface area contributed by atoms with Gasteiger partial charge in [-0.1, -0.05) is 24.3 Å². The SMILES string of the molecule is COc1ccccc1NC(=O)CCN(C(C)=O)c1cccc(C)c1. The van der Waals surface area contributed by atoms with Gasteiger partial charge in [-0.3, -0.25) is 9.59 Å². The molecule has 0 fully saturated rings. The molecule has 1 N–H and O–H groups in total. The van der Waals surface area contributed by atoms with E-state index in [0.717, 1.165) is 11.3 Å². The molecule has 0 radical (unpaired) electrons. The van der Waals surface area contributed by atoms with E-state index < -0.39 is 0 Å². The van der Waals surface area contributed by atoms with Gasteiger partial charge in [-0.05, 0) is 36.8 Å². The maximum absolute atomic E-state index is 12.2. The van der Waals surface area contributed by atoms with Crippen molar-refractivity contribution in [3.05, 3.63) is 54.1 Å². The predicted octanol–water partition coefficient (Wildman–Crippen LogP) is 3.39. The molecule has 2 rings (SSSR count). The van der Waals surface area contributed by atoms with Crippen LogP contribution < -0.4 is 15.0 Å². The highest BCUT2D eigenvalue weighted by Crippen LogP contribution is 2.23. The predicted molar refractivity (Wildman–Crippen MR) is 95.4 cm³/mol. The molecule has 2 aromatic rings. The quantitative estimate of drug-likeness (QED) is 0.885. The summed E-state index contributed by atoms with van der Waals surface area (Å²) in [6, 6.07) is 14.9. The Kier molecular flexibility index (Phi) is 5.95. The second-order valence-electron chi connectivity index (χ2n) is 5.51. The minimum atomic E-state index is -0.168. The van der Waals surface area contributed by atoms with Gasteiger partial charge >= 0.3 is 0 Å². The number of nitrogens with one attached hydrogen (secondary N) is 1. The minimum Gasteiger partial charge on any atom is -0.495 e. The third-order valence-electron chi connectivity index (χ3n) is 3.64. The van der Waals surface area contributed by atoms with Gasteiger partial charge in [0.15, 0.2) is 0 Å². The average molecular weight is 326 g/mol. The third-order valence-corrected chi connectivity index (χ3v) is 3.64. The number of anilines is 2. The number of nitrogens with zero attached hydrogens (tertiary/aromatic N) is 1. The van der Waals surface area contributed by atoms with Gasteiger partial charge in [0, 0.05) is 25.6 Å². The lowest BCUT2D eigenvalue weighted by atomic mass is 10.2. The molecule has 2 amide bonds. The van der Waals surface area contributed by atoms with Gasteiger partial charge in [-0.15, -0.1) is 0 Å². The van der Waals surface area contributed by atoms with Crippen LogP contribution in [-0.4, -0.2) is 25.5 Å². The van der Waals surface area contributed by atoms with E-state index in [9.17, 15) is 9.59 Å².